The second-order valence-electron chi connectivity index (χ2n) is 8.45. The van der Waals surface area contributed by atoms with Gasteiger partial charge >= 0.3 is 0 Å². The van der Waals surface area contributed by atoms with Crippen molar-refractivity contribution in [3.63, 3.8) is 0 Å². The number of sulfonamides is 1. The molecule has 1 aliphatic rings. The molecule has 0 unspecified atom stereocenters. The Hall–Kier alpha value is -2.71. The molecule has 0 atom stereocenters. The van der Waals surface area contributed by atoms with E-state index < -0.39 is 15.6 Å². The molecule has 30 heavy (non-hydrogen) atoms. The monoisotopic (exact) mass is 429 g/mol. The van der Waals surface area contributed by atoms with Crippen molar-refractivity contribution in [2.24, 2.45) is 0 Å². The van der Waals surface area contributed by atoms with Gasteiger partial charge in [0.2, 0.25) is 15.9 Å². The SMILES string of the molecule is CC(C)(C)NS(=O)(=O)c1cccc(NC(=O)c2ccc(CN3CCCC3=O)cc2)c1. The highest BCUT2D eigenvalue weighted by molar-refractivity contribution is 7.89. The molecule has 2 N–H and O–H groups in total. The zero-order valence-electron chi connectivity index (χ0n) is 17.4. The van der Waals surface area contributed by atoms with Gasteiger partial charge in [-0.05, 0) is 63.1 Å². The quantitative estimate of drug-likeness (QED) is 0.737. The van der Waals surface area contributed by atoms with E-state index in [1.165, 1.54) is 12.1 Å². The fourth-order valence-electron chi connectivity index (χ4n) is 3.26. The first kappa shape index (κ1) is 22.0. The molecular formula is C22H27N3O4S. The molecular weight excluding hydrogens is 402 g/mol. The van der Waals surface area contributed by atoms with E-state index in [1.54, 1.807) is 45.0 Å². The number of carbonyl (C=O) groups excluding carboxylic acids is 2. The van der Waals surface area contributed by atoms with Crippen LogP contribution in [0.2, 0.25) is 0 Å². The van der Waals surface area contributed by atoms with E-state index in [-0.39, 0.29) is 16.7 Å². The molecule has 1 fully saturated rings. The van der Waals surface area contributed by atoms with E-state index in [4.69, 9.17) is 0 Å². The summed E-state index contributed by atoms with van der Waals surface area (Å²) in [6, 6.07) is 13.2. The van der Waals surface area contributed by atoms with Gasteiger partial charge in [-0.3, -0.25) is 9.59 Å². The molecule has 2 aromatic rings. The van der Waals surface area contributed by atoms with Crippen LogP contribution in [0.25, 0.3) is 0 Å². The zero-order valence-corrected chi connectivity index (χ0v) is 18.3. The van der Waals surface area contributed by atoms with Crippen LogP contribution in [0.1, 0.15) is 49.5 Å². The van der Waals surface area contributed by atoms with Crippen molar-refractivity contribution in [1.29, 1.82) is 0 Å². The number of benzene rings is 2. The fourth-order valence-corrected chi connectivity index (χ4v) is 4.72. The van der Waals surface area contributed by atoms with Crippen molar-refractivity contribution in [3.8, 4) is 0 Å². The summed E-state index contributed by atoms with van der Waals surface area (Å²) in [4.78, 5) is 26.2. The summed E-state index contributed by atoms with van der Waals surface area (Å²) in [6.07, 6.45) is 1.49. The van der Waals surface area contributed by atoms with Crippen molar-refractivity contribution in [2.45, 2.75) is 50.6 Å². The first-order chi connectivity index (χ1) is 14.0. The predicted octanol–water partition coefficient (Wildman–Crippen LogP) is 3.14. The molecule has 0 radical (unpaired) electrons. The van der Waals surface area contributed by atoms with Gasteiger partial charge in [-0.2, -0.15) is 0 Å². The largest absolute Gasteiger partial charge is 0.338 e. The van der Waals surface area contributed by atoms with Gasteiger partial charge in [-0.15, -0.1) is 0 Å². The van der Waals surface area contributed by atoms with Crippen LogP contribution in [-0.2, 0) is 21.4 Å². The van der Waals surface area contributed by atoms with Crippen LogP contribution in [0.15, 0.2) is 53.4 Å². The summed E-state index contributed by atoms with van der Waals surface area (Å²) in [5, 5.41) is 2.74. The number of nitrogens with one attached hydrogen (secondary N) is 2. The Balaban J connectivity index is 1.68. The molecule has 0 bridgehead atoms. The molecule has 160 valence electrons. The van der Waals surface area contributed by atoms with Crippen LogP contribution in [-0.4, -0.2) is 37.2 Å². The van der Waals surface area contributed by atoms with Crippen LogP contribution in [0.4, 0.5) is 5.69 Å². The van der Waals surface area contributed by atoms with E-state index in [9.17, 15) is 18.0 Å². The molecule has 7 nitrogen and oxygen atoms in total. The normalized spacial score (nSPS) is 14.8. The smallest absolute Gasteiger partial charge is 0.255 e. The molecule has 2 aromatic carbocycles. The van der Waals surface area contributed by atoms with Crippen LogP contribution in [0, 0.1) is 0 Å². The lowest BCUT2D eigenvalue weighted by atomic mass is 10.1. The van der Waals surface area contributed by atoms with Crippen LogP contribution >= 0.6 is 0 Å². The lowest BCUT2D eigenvalue weighted by Gasteiger charge is -2.20. The molecule has 8 heteroatoms. The number of hydrogen-bond donors (Lipinski definition) is 2. The highest BCUT2D eigenvalue weighted by atomic mass is 32.2. The molecule has 0 aliphatic carbocycles. The lowest BCUT2D eigenvalue weighted by Crippen LogP contribution is -2.40. The minimum Gasteiger partial charge on any atom is -0.338 e. The minimum atomic E-state index is -3.70. The Bertz CT molecular complexity index is 1040. The van der Waals surface area contributed by atoms with E-state index in [0.717, 1.165) is 18.5 Å². The van der Waals surface area contributed by atoms with E-state index in [0.29, 0.717) is 24.2 Å². The molecule has 3 rings (SSSR count). The summed E-state index contributed by atoms with van der Waals surface area (Å²) in [5.41, 5.74) is 1.19. The van der Waals surface area contributed by atoms with E-state index in [1.807, 2.05) is 17.0 Å². The van der Waals surface area contributed by atoms with Crippen molar-refractivity contribution in [3.05, 3.63) is 59.7 Å². The van der Waals surface area contributed by atoms with Crippen LogP contribution in [0.5, 0.6) is 0 Å². The van der Waals surface area contributed by atoms with Gasteiger partial charge in [0.1, 0.15) is 0 Å². The van der Waals surface area contributed by atoms with Gasteiger partial charge < -0.3 is 10.2 Å². The molecule has 2 amide bonds. The maximum atomic E-state index is 12.6. The number of amides is 2. The highest BCUT2D eigenvalue weighted by Gasteiger charge is 2.22. The topological polar surface area (TPSA) is 95.6 Å². The van der Waals surface area contributed by atoms with Crippen LogP contribution in [0.3, 0.4) is 0 Å². The first-order valence-electron chi connectivity index (χ1n) is 9.86. The fraction of sp³-hybridized carbons (Fsp3) is 0.364. The van der Waals surface area contributed by atoms with Crippen LogP contribution < -0.4 is 10.0 Å². The molecule has 1 heterocycles. The van der Waals surface area contributed by atoms with Crippen molar-refractivity contribution in [1.82, 2.24) is 9.62 Å². The summed E-state index contributed by atoms with van der Waals surface area (Å²) in [6.45, 7) is 6.60. The summed E-state index contributed by atoms with van der Waals surface area (Å²) < 4.78 is 27.6. The van der Waals surface area contributed by atoms with Crippen molar-refractivity contribution >= 4 is 27.5 Å². The maximum Gasteiger partial charge on any atom is 0.255 e. The molecule has 0 aromatic heterocycles. The van der Waals surface area contributed by atoms with Gasteiger partial charge in [0.25, 0.3) is 5.91 Å². The van der Waals surface area contributed by atoms with Crippen molar-refractivity contribution < 1.29 is 18.0 Å². The number of anilines is 1. The second-order valence-corrected chi connectivity index (χ2v) is 10.1. The Kier molecular flexibility index (Phi) is 6.28. The maximum absolute atomic E-state index is 12.6. The molecule has 1 aliphatic heterocycles. The van der Waals surface area contributed by atoms with Gasteiger partial charge in [0.05, 0.1) is 4.90 Å². The van der Waals surface area contributed by atoms with E-state index >= 15 is 0 Å². The average Bonchev–Trinajstić information content (AvgIpc) is 3.05. The lowest BCUT2D eigenvalue weighted by molar-refractivity contribution is -0.128. The van der Waals surface area contributed by atoms with Gasteiger partial charge in [-0.1, -0.05) is 18.2 Å². The number of hydrogen-bond acceptors (Lipinski definition) is 4. The third kappa shape index (κ3) is 5.67. The van der Waals surface area contributed by atoms with Crippen molar-refractivity contribution in [2.75, 3.05) is 11.9 Å². The first-order valence-corrected chi connectivity index (χ1v) is 11.3. The number of rotatable bonds is 6. The number of nitrogens with zero attached hydrogens (tertiary/aromatic N) is 1. The Labute approximate surface area is 177 Å². The Morgan fingerprint density at radius 2 is 1.80 bits per heavy atom. The molecule has 1 saturated heterocycles. The predicted molar refractivity (Wildman–Crippen MR) is 116 cm³/mol. The molecule has 0 spiro atoms. The zero-order chi connectivity index (χ0) is 21.9. The van der Waals surface area contributed by atoms with E-state index in [2.05, 4.69) is 10.0 Å². The summed E-state index contributed by atoms with van der Waals surface area (Å²) in [5.74, 6) is -0.176. The standard InChI is InChI=1S/C22H27N3O4S/c1-22(2,3)24-30(28,29)19-7-4-6-18(14-19)23-21(27)17-11-9-16(10-12-17)15-25-13-5-8-20(25)26/h4,6-7,9-12,14,24H,5,8,13,15H2,1-3H3,(H,23,27). The Morgan fingerprint density at radius 3 is 2.40 bits per heavy atom. The number of likely N-dealkylation sites (tertiary alicyclic amines) is 1. The summed E-state index contributed by atoms with van der Waals surface area (Å²) >= 11 is 0. The third-order valence-electron chi connectivity index (χ3n) is 4.60. The average molecular weight is 430 g/mol. The summed E-state index contributed by atoms with van der Waals surface area (Å²) in [7, 11) is -3.70. The third-order valence-corrected chi connectivity index (χ3v) is 6.36. The van der Waals surface area contributed by atoms with Gasteiger partial charge in [-0.25, -0.2) is 13.1 Å². The molecule has 0 saturated carbocycles. The number of carbonyl (C=O) groups is 2. The highest BCUT2D eigenvalue weighted by Crippen LogP contribution is 2.19. The Morgan fingerprint density at radius 1 is 1.10 bits per heavy atom. The van der Waals surface area contributed by atoms with Gasteiger partial charge in [0.15, 0.2) is 0 Å². The second kappa shape index (κ2) is 8.57. The minimum absolute atomic E-state index is 0.0841. The van der Waals surface area contributed by atoms with Gasteiger partial charge in [0, 0.05) is 36.3 Å².